The van der Waals surface area contributed by atoms with E-state index in [0.717, 1.165) is 23.0 Å². The molecule has 0 bridgehead atoms. The number of hydrogen-bond acceptors (Lipinski definition) is 4. The van der Waals surface area contributed by atoms with Crippen molar-refractivity contribution < 1.29 is 26.7 Å². The quantitative estimate of drug-likeness (QED) is 0.571. The lowest BCUT2D eigenvalue weighted by molar-refractivity contribution is -0.156. The predicted octanol–water partition coefficient (Wildman–Crippen LogP) is 3.56. The van der Waals surface area contributed by atoms with Crippen LogP contribution in [0.3, 0.4) is 0 Å². The fourth-order valence-electron chi connectivity index (χ4n) is 3.12. The van der Waals surface area contributed by atoms with Crippen molar-refractivity contribution in [3.63, 3.8) is 0 Å². The zero-order chi connectivity index (χ0) is 21.5. The van der Waals surface area contributed by atoms with E-state index >= 15 is 0 Å². The molecule has 4 N–H and O–H groups in total. The minimum Gasteiger partial charge on any atom is -0.368 e. The van der Waals surface area contributed by atoms with Crippen molar-refractivity contribution in [3.05, 3.63) is 47.4 Å². The summed E-state index contributed by atoms with van der Waals surface area (Å²) in [7, 11) is 1.21. The Kier molecular flexibility index (Phi) is 5.03. The van der Waals surface area contributed by atoms with Crippen molar-refractivity contribution in [2.24, 2.45) is 7.05 Å². The van der Waals surface area contributed by atoms with Crippen LogP contribution in [0.15, 0.2) is 24.5 Å². The summed E-state index contributed by atoms with van der Waals surface area (Å²) in [5, 5.41) is 3.95. The van der Waals surface area contributed by atoms with Crippen LogP contribution in [0.2, 0.25) is 0 Å². The van der Waals surface area contributed by atoms with E-state index in [2.05, 4.69) is 15.3 Å². The summed E-state index contributed by atoms with van der Waals surface area (Å²) < 4.78 is 70.0. The lowest BCUT2D eigenvalue weighted by atomic mass is 10.1. The molecule has 0 saturated carbocycles. The maximum Gasteiger partial charge on any atom is 0.414 e. The van der Waals surface area contributed by atoms with Crippen LogP contribution < -0.4 is 16.4 Å². The van der Waals surface area contributed by atoms with E-state index in [0.29, 0.717) is 6.07 Å². The van der Waals surface area contributed by atoms with Crippen molar-refractivity contribution in [1.82, 2.24) is 19.9 Å². The first-order valence-electron chi connectivity index (χ1n) is 8.14. The zero-order valence-electron chi connectivity index (χ0n) is 15.1. The van der Waals surface area contributed by atoms with Gasteiger partial charge in [0.2, 0.25) is 5.95 Å². The van der Waals surface area contributed by atoms with E-state index in [1.165, 1.54) is 14.0 Å². The van der Waals surface area contributed by atoms with Crippen LogP contribution in [-0.2, 0) is 7.05 Å². The number of carbonyl (C=O) groups excluding carboxylic acids is 1. The Morgan fingerprint density at radius 3 is 2.41 bits per heavy atom. The van der Waals surface area contributed by atoms with Gasteiger partial charge < -0.3 is 20.9 Å². The molecular formula is C17H15F5N6O. The Morgan fingerprint density at radius 1 is 1.21 bits per heavy atom. The first-order valence-corrected chi connectivity index (χ1v) is 8.14. The molecule has 29 heavy (non-hydrogen) atoms. The lowest BCUT2D eigenvalue weighted by Crippen LogP contribution is -2.41. The largest absolute Gasteiger partial charge is 0.414 e. The van der Waals surface area contributed by atoms with Gasteiger partial charge in [-0.2, -0.15) is 13.2 Å². The second kappa shape index (κ2) is 7.18. The van der Waals surface area contributed by atoms with Gasteiger partial charge in [-0.15, -0.1) is 0 Å². The summed E-state index contributed by atoms with van der Waals surface area (Å²) in [6.45, 7) is 1.29. The number of aryl methyl sites for hydroxylation is 2. The number of urea groups is 1. The summed E-state index contributed by atoms with van der Waals surface area (Å²) >= 11 is 0. The molecule has 0 aliphatic heterocycles. The second-order valence-corrected chi connectivity index (χ2v) is 6.26. The van der Waals surface area contributed by atoms with Crippen LogP contribution >= 0.6 is 0 Å². The van der Waals surface area contributed by atoms with E-state index in [9.17, 15) is 26.7 Å². The molecular weight excluding hydrogens is 399 g/mol. The maximum absolute atomic E-state index is 14.2. The average Bonchev–Trinajstić information content (AvgIpc) is 2.85. The molecule has 3 aromatic rings. The normalized spacial score (nSPS) is 12.8. The summed E-state index contributed by atoms with van der Waals surface area (Å²) in [5.41, 5.74) is 4.67. The number of alkyl halides is 3. The van der Waals surface area contributed by atoms with Gasteiger partial charge in [-0.1, -0.05) is 0 Å². The lowest BCUT2D eigenvalue weighted by Gasteiger charge is -2.23. The van der Waals surface area contributed by atoms with Gasteiger partial charge in [-0.25, -0.2) is 23.5 Å². The van der Waals surface area contributed by atoms with E-state index in [4.69, 9.17) is 5.73 Å². The van der Waals surface area contributed by atoms with Crippen LogP contribution in [0.1, 0.15) is 17.3 Å². The maximum atomic E-state index is 14.2. The molecule has 154 valence electrons. The molecule has 1 aromatic carbocycles. The summed E-state index contributed by atoms with van der Waals surface area (Å²) in [4.78, 5) is 19.4. The smallest absolute Gasteiger partial charge is 0.368 e. The van der Waals surface area contributed by atoms with Crippen LogP contribution in [0.25, 0.3) is 10.9 Å². The Bertz CT molecular complexity index is 1080. The van der Waals surface area contributed by atoms with Crippen molar-refractivity contribution in [3.8, 4) is 0 Å². The molecule has 0 fully saturated rings. The van der Waals surface area contributed by atoms with Gasteiger partial charge in [-0.05, 0) is 18.6 Å². The molecule has 3 rings (SSSR count). The summed E-state index contributed by atoms with van der Waals surface area (Å²) in [6.07, 6.45) is -2.69. The molecule has 2 heterocycles. The Morgan fingerprint density at radius 2 is 1.83 bits per heavy atom. The highest BCUT2D eigenvalue weighted by molar-refractivity contribution is 5.90. The SMILES string of the molecule is Cc1c([C@H](NC(=O)Nc2cnc(N)nc2)C(F)(F)F)n(C)c2c(F)cc(F)cc12. The number of benzene rings is 1. The van der Waals surface area contributed by atoms with Gasteiger partial charge in [0.15, 0.2) is 6.04 Å². The number of amides is 2. The number of hydrogen-bond donors (Lipinski definition) is 3. The van der Waals surface area contributed by atoms with Crippen LogP contribution in [0.5, 0.6) is 0 Å². The Labute approximate surface area is 160 Å². The molecule has 2 amide bonds. The van der Waals surface area contributed by atoms with Crippen LogP contribution in [-0.4, -0.2) is 26.7 Å². The predicted molar refractivity (Wildman–Crippen MR) is 95.0 cm³/mol. The van der Waals surface area contributed by atoms with E-state index in [-0.39, 0.29) is 28.1 Å². The number of nitrogens with zero attached hydrogens (tertiary/aromatic N) is 3. The molecule has 0 saturated heterocycles. The fourth-order valence-corrected chi connectivity index (χ4v) is 3.12. The number of halogens is 5. The molecule has 1 atom stereocenters. The third-order valence-corrected chi connectivity index (χ3v) is 4.32. The number of carbonyl (C=O) groups is 1. The number of nitrogens with two attached hydrogens (primary N) is 1. The molecule has 0 unspecified atom stereocenters. The van der Waals surface area contributed by atoms with Crippen molar-refractivity contribution >= 4 is 28.6 Å². The molecule has 7 nitrogen and oxygen atoms in total. The molecule has 0 aliphatic rings. The fraction of sp³-hybridized carbons (Fsp3) is 0.235. The van der Waals surface area contributed by atoms with E-state index in [1.54, 1.807) is 0 Å². The number of aromatic nitrogens is 3. The topological polar surface area (TPSA) is 97.9 Å². The average molecular weight is 414 g/mol. The van der Waals surface area contributed by atoms with Crippen molar-refractivity contribution in [2.45, 2.75) is 19.1 Å². The number of anilines is 2. The number of nitrogens with one attached hydrogen (secondary N) is 2. The second-order valence-electron chi connectivity index (χ2n) is 6.26. The number of nitrogen functional groups attached to an aromatic ring is 1. The standard InChI is InChI=1S/C17H15F5N6O/c1-7-10-3-8(18)4-11(19)13(10)28(2)12(7)14(17(20,21)22)27-16(29)26-9-5-24-15(23)25-6-9/h3-6,14H,1-2H3,(H2,23,24,25)(H2,26,27,29)/t14-/m0/s1. The summed E-state index contributed by atoms with van der Waals surface area (Å²) in [5.74, 6) is -2.02. The van der Waals surface area contributed by atoms with Crippen LogP contribution in [0, 0.1) is 18.6 Å². The number of fused-ring (bicyclic) bond motifs is 1. The summed E-state index contributed by atoms with van der Waals surface area (Å²) in [6, 6.07) is -2.17. The third kappa shape index (κ3) is 3.91. The van der Waals surface area contributed by atoms with Gasteiger partial charge in [0, 0.05) is 18.5 Å². The van der Waals surface area contributed by atoms with Crippen molar-refractivity contribution in [1.29, 1.82) is 0 Å². The Balaban J connectivity index is 2.01. The first-order chi connectivity index (χ1) is 13.5. The van der Waals surface area contributed by atoms with Gasteiger partial charge >= 0.3 is 12.2 Å². The van der Waals surface area contributed by atoms with Gasteiger partial charge in [0.1, 0.15) is 11.6 Å². The van der Waals surface area contributed by atoms with Gasteiger partial charge in [0.05, 0.1) is 29.3 Å². The highest BCUT2D eigenvalue weighted by Gasteiger charge is 2.45. The molecule has 0 aliphatic carbocycles. The highest BCUT2D eigenvalue weighted by Crippen LogP contribution is 2.38. The molecule has 2 aromatic heterocycles. The highest BCUT2D eigenvalue weighted by atomic mass is 19.4. The Hall–Kier alpha value is -3.44. The molecule has 0 spiro atoms. The van der Waals surface area contributed by atoms with Crippen molar-refractivity contribution in [2.75, 3.05) is 11.1 Å². The van der Waals surface area contributed by atoms with E-state index < -0.39 is 35.6 Å². The minimum absolute atomic E-state index is 0.0134. The van der Waals surface area contributed by atoms with Crippen LogP contribution in [0.4, 0.5) is 38.4 Å². The first kappa shape index (κ1) is 20.3. The zero-order valence-corrected chi connectivity index (χ0v) is 15.1. The van der Waals surface area contributed by atoms with E-state index in [1.807, 2.05) is 5.32 Å². The molecule has 0 radical (unpaired) electrons. The monoisotopic (exact) mass is 414 g/mol. The van der Waals surface area contributed by atoms with Gasteiger partial charge in [0.25, 0.3) is 0 Å². The minimum atomic E-state index is -4.92. The van der Waals surface area contributed by atoms with Gasteiger partial charge in [-0.3, -0.25) is 0 Å². The number of rotatable bonds is 3. The third-order valence-electron chi connectivity index (χ3n) is 4.32. The molecule has 12 heteroatoms.